The smallest absolute Gasteiger partial charge is 0.169 e. The topological polar surface area (TPSA) is 17.1 Å². The Morgan fingerprint density at radius 3 is 2.29 bits per heavy atom. The standard InChI is InChI=1S/C12H13FO/c1-8(2)9(3)12(14)10-4-6-11(13)7-5-10/h4-7,9H,1H2,2-3H3. The minimum atomic E-state index is -0.329. The number of halogens is 1. The molecule has 1 aromatic carbocycles. The molecule has 1 nitrogen and oxygen atoms in total. The fraction of sp³-hybridized carbons (Fsp3) is 0.250. The molecule has 0 N–H and O–H groups in total. The highest BCUT2D eigenvalue weighted by Crippen LogP contribution is 2.15. The van der Waals surface area contributed by atoms with Crippen LogP contribution in [0.1, 0.15) is 24.2 Å². The van der Waals surface area contributed by atoms with Gasteiger partial charge < -0.3 is 0 Å². The summed E-state index contributed by atoms with van der Waals surface area (Å²) in [6.45, 7) is 7.34. The molecule has 0 aliphatic carbocycles. The Bertz CT molecular complexity index is 351. The second-order valence-electron chi connectivity index (χ2n) is 3.44. The molecule has 1 atom stereocenters. The molecule has 0 fully saturated rings. The van der Waals surface area contributed by atoms with Crippen molar-refractivity contribution in [1.29, 1.82) is 0 Å². The van der Waals surface area contributed by atoms with E-state index < -0.39 is 0 Å². The Balaban J connectivity index is 2.90. The zero-order chi connectivity index (χ0) is 10.7. The number of carbonyl (C=O) groups excluding carboxylic acids is 1. The molecular weight excluding hydrogens is 179 g/mol. The van der Waals surface area contributed by atoms with Crippen molar-refractivity contribution in [3.05, 3.63) is 47.8 Å². The minimum Gasteiger partial charge on any atom is -0.294 e. The predicted octanol–water partition coefficient (Wildman–Crippen LogP) is 3.22. The van der Waals surface area contributed by atoms with Crippen molar-refractivity contribution in [1.82, 2.24) is 0 Å². The van der Waals surface area contributed by atoms with E-state index in [9.17, 15) is 9.18 Å². The average Bonchev–Trinajstić information content (AvgIpc) is 2.16. The van der Waals surface area contributed by atoms with E-state index in [1.54, 1.807) is 6.92 Å². The van der Waals surface area contributed by atoms with Crippen molar-refractivity contribution in [3.8, 4) is 0 Å². The number of hydrogen-bond acceptors (Lipinski definition) is 1. The van der Waals surface area contributed by atoms with Gasteiger partial charge in [-0.1, -0.05) is 19.1 Å². The number of rotatable bonds is 3. The van der Waals surface area contributed by atoms with Gasteiger partial charge in [-0.2, -0.15) is 0 Å². The van der Waals surface area contributed by atoms with E-state index >= 15 is 0 Å². The van der Waals surface area contributed by atoms with Crippen LogP contribution in [0.2, 0.25) is 0 Å². The Kier molecular flexibility index (Phi) is 3.18. The van der Waals surface area contributed by atoms with Gasteiger partial charge >= 0.3 is 0 Å². The van der Waals surface area contributed by atoms with Crippen LogP contribution in [0, 0.1) is 11.7 Å². The van der Waals surface area contributed by atoms with Crippen LogP contribution < -0.4 is 0 Å². The summed E-state index contributed by atoms with van der Waals surface area (Å²) >= 11 is 0. The Hall–Kier alpha value is -1.44. The maximum atomic E-state index is 12.6. The third kappa shape index (κ3) is 2.28. The number of benzene rings is 1. The number of hydrogen-bond donors (Lipinski definition) is 0. The van der Waals surface area contributed by atoms with Crippen LogP contribution in [0.15, 0.2) is 36.4 Å². The summed E-state index contributed by atoms with van der Waals surface area (Å²) in [6.07, 6.45) is 0. The molecule has 1 aromatic rings. The van der Waals surface area contributed by atoms with Gasteiger partial charge in [-0.25, -0.2) is 4.39 Å². The third-order valence-corrected chi connectivity index (χ3v) is 2.26. The number of carbonyl (C=O) groups is 1. The highest BCUT2D eigenvalue weighted by Gasteiger charge is 2.15. The van der Waals surface area contributed by atoms with E-state index in [0.29, 0.717) is 5.56 Å². The first-order valence-electron chi connectivity index (χ1n) is 4.47. The number of allylic oxidation sites excluding steroid dienone is 1. The second kappa shape index (κ2) is 4.18. The van der Waals surface area contributed by atoms with Gasteiger partial charge in [-0.05, 0) is 31.2 Å². The third-order valence-electron chi connectivity index (χ3n) is 2.26. The summed E-state index contributed by atoms with van der Waals surface area (Å²) < 4.78 is 12.6. The average molecular weight is 192 g/mol. The molecule has 0 radical (unpaired) electrons. The highest BCUT2D eigenvalue weighted by atomic mass is 19.1. The van der Waals surface area contributed by atoms with Crippen molar-refractivity contribution in [2.45, 2.75) is 13.8 Å². The minimum absolute atomic E-state index is 0.0162. The van der Waals surface area contributed by atoms with E-state index in [4.69, 9.17) is 0 Å². The predicted molar refractivity (Wildman–Crippen MR) is 54.7 cm³/mol. The Morgan fingerprint density at radius 2 is 1.86 bits per heavy atom. The molecule has 0 bridgehead atoms. The lowest BCUT2D eigenvalue weighted by atomic mass is 9.94. The lowest BCUT2D eigenvalue weighted by molar-refractivity contribution is 0.0948. The maximum Gasteiger partial charge on any atom is 0.169 e. The zero-order valence-electron chi connectivity index (χ0n) is 8.38. The summed E-state index contributed by atoms with van der Waals surface area (Å²) in [5.74, 6) is -0.553. The van der Waals surface area contributed by atoms with Crippen molar-refractivity contribution in [2.24, 2.45) is 5.92 Å². The van der Waals surface area contributed by atoms with E-state index in [1.165, 1.54) is 24.3 Å². The van der Waals surface area contributed by atoms with Crippen LogP contribution in [0.4, 0.5) is 4.39 Å². The quantitative estimate of drug-likeness (QED) is 0.531. The summed E-state index contributed by atoms with van der Waals surface area (Å²) in [6, 6.07) is 5.57. The molecule has 0 amide bonds. The van der Waals surface area contributed by atoms with Gasteiger partial charge in [0.15, 0.2) is 5.78 Å². The van der Waals surface area contributed by atoms with Crippen LogP contribution in [-0.4, -0.2) is 5.78 Å². The maximum absolute atomic E-state index is 12.6. The van der Waals surface area contributed by atoms with Crippen molar-refractivity contribution in [3.63, 3.8) is 0 Å². The van der Waals surface area contributed by atoms with Crippen molar-refractivity contribution < 1.29 is 9.18 Å². The summed E-state index contributed by atoms with van der Waals surface area (Å²) in [5.41, 5.74) is 1.35. The lowest BCUT2D eigenvalue weighted by Crippen LogP contribution is -2.11. The summed E-state index contributed by atoms with van der Waals surface area (Å²) in [5, 5.41) is 0. The van der Waals surface area contributed by atoms with Gasteiger partial charge in [0.05, 0.1) is 0 Å². The van der Waals surface area contributed by atoms with Gasteiger partial charge in [0.1, 0.15) is 5.82 Å². The SMILES string of the molecule is C=C(C)C(C)C(=O)c1ccc(F)cc1. The van der Waals surface area contributed by atoms with E-state index in [0.717, 1.165) is 5.57 Å². The number of ketones is 1. The first-order chi connectivity index (χ1) is 6.52. The normalized spacial score (nSPS) is 12.2. The van der Waals surface area contributed by atoms with Crippen molar-refractivity contribution >= 4 is 5.78 Å². The monoisotopic (exact) mass is 192 g/mol. The molecule has 0 spiro atoms. The molecule has 1 unspecified atom stereocenters. The molecule has 0 heterocycles. The Labute approximate surface area is 83.3 Å². The van der Waals surface area contributed by atoms with Gasteiger partial charge in [0, 0.05) is 11.5 Å². The first kappa shape index (κ1) is 10.6. The zero-order valence-corrected chi connectivity index (χ0v) is 8.38. The summed E-state index contributed by atoms with van der Waals surface area (Å²) in [4.78, 5) is 11.7. The van der Waals surface area contributed by atoms with Gasteiger partial charge in [0.25, 0.3) is 0 Å². The first-order valence-corrected chi connectivity index (χ1v) is 4.47. The van der Waals surface area contributed by atoms with Crippen LogP contribution in [0.25, 0.3) is 0 Å². The molecule has 1 rings (SSSR count). The fourth-order valence-corrected chi connectivity index (χ4v) is 1.09. The van der Waals surface area contributed by atoms with Gasteiger partial charge in [0.2, 0.25) is 0 Å². The van der Waals surface area contributed by atoms with Crippen LogP contribution in [0.5, 0.6) is 0 Å². The van der Waals surface area contributed by atoms with Gasteiger partial charge in [-0.3, -0.25) is 4.79 Å². The molecular formula is C12H13FO. The van der Waals surface area contributed by atoms with E-state index in [-0.39, 0.29) is 17.5 Å². The van der Waals surface area contributed by atoms with Gasteiger partial charge in [-0.15, -0.1) is 0 Å². The van der Waals surface area contributed by atoms with Crippen LogP contribution >= 0.6 is 0 Å². The molecule has 0 aliphatic heterocycles. The lowest BCUT2D eigenvalue weighted by Gasteiger charge is -2.09. The largest absolute Gasteiger partial charge is 0.294 e. The molecule has 0 aromatic heterocycles. The highest BCUT2D eigenvalue weighted by molar-refractivity contribution is 5.99. The molecule has 0 saturated carbocycles. The molecule has 0 aliphatic rings. The molecule has 74 valence electrons. The van der Waals surface area contributed by atoms with Crippen LogP contribution in [-0.2, 0) is 0 Å². The second-order valence-corrected chi connectivity index (χ2v) is 3.44. The van der Waals surface area contributed by atoms with Crippen LogP contribution in [0.3, 0.4) is 0 Å². The molecule has 14 heavy (non-hydrogen) atoms. The number of Topliss-reactive ketones (excluding diaryl/α,β-unsaturated/α-hetero) is 1. The fourth-order valence-electron chi connectivity index (χ4n) is 1.09. The van der Waals surface area contributed by atoms with E-state index in [2.05, 4.69) is 6.58 Å². The molecule has 2 heteroatoms. The molecule has 0 saturated heterocycles. The Morgan fingerprint density at radius 1 is 1.36 bits per heavy atom. The van der Waals surface area contributed by atoms with Crippen molar-refractivity contribution in [2.75, 3.05) is 0 Å². The van der Waals surface area contributed by atoms with E-state index in [1.807, 2.05) is 6.92 Å². The summed E-state index contributed by atoms with van der Waals surface area (Å²) in [7, 11) is 0.